The van der Waals surface area contributed by atoms with Gasteiger partial charge in [0, 0.05) is 17.6 Å². The van der Waals surface area contributed by atoms with Gasteiger partial charge in [-0.05, 0) is 45.9 Å². The summed E-state index contributed by atoms with van der Waals surface area (Å²) >= 11 is 0. The Hall–Kier alpha value is -1.09. The Balaban J connectivity index is 2.79. The topological polar surface area (TPSA) is 21.3 Å². The van der Waals surface area contributed by atoms with Crippen molar-refractivity contribution in [2.24, 2.45) is 0 Å². The summed E-state index contributed by atoms with van der Waals surface area (Å²) in [6, 6.07) is 4.62. The van der Waals surface area contributed by atoms with Crippen LogP contribution in [0.1, 0.15) is 33.3 Å². The van der Waals surface area contributed by atoms with Crippen LogP contribution in [0.15, 0.2) is 18.2 Å². The fourth-order valence-electron chi connectivity index (χ4n) is 1.34. The van der Waals surface area contributed by atoms with Crippen LogP contribution in [-0.2, 0) is 6.54 Å². The van der Waals surface area contributed by atoms with Gasteiger partial charge in [-0.25, -0.2) is 4.39 Å². The molecule has 2 nitrogen and oxygen atoms in total. The summed E-state index contributed by atoms with van der Waals surface area (Å²) < 4.78 is 18.6. The Kier molecular flexibility index (Phi) is 4.30. The fraction of sp³-hybridized carbons (Fsp3) is 0.538. The van der Waals surface area contributed by atoms with Gasteiger partial charge in [0.15, 0.2) is 0 Å². The van der Waals surface area contributed by atoms with Crippen LogP contribution in [0.2, 0.25) is 0 Å². The van der Waals surface area contributed by atoms with E-state index in [9.17, 15) is 4.39 Å². The standard InChI is InChI=1S/C13H20FNO/c1-5-16-12-7-6-11(14)8-10(12)9-15-13(2,3)4/h6-8,15H,5,9H2,1-4H3. The third kappa shape index (κ3) is 4.19. The Morgan fingerprint density at radius 2 is 2.00 bits per heavy atom. The minimum absolute atomic E-state index is 0.00972. The van der Waals surface area contributed by atoms with Crippen molar-refractivity contribution in [2.45, 2.75) is 39.8 Å². The van der Waals surface area contributed by atoms with Gasteiger partial charge in [-0.15, -0.1) is 0 Å². The van der Waals surface area contributed by atoms with Gasteiger partial charge < -0.3 is 10.1 Å². The maximum absolute atomic E-state index is 13.1. The summed E-state index contributed by atoms with van der Waals surface area (Å²) in [6.07, 6.45) is 0. The summed E-state index contributed by atoms with van der Waals surface area (Å²) in [5, 5.41) is 3.32. The number of halogens is 1. The van der Waals surface area contributed by atoms with E-state index in [1.54, 1.807) is 6.07 Å². The quantitative estimate of drug-likeness (QED) is 0.850. The van der Waals surface area contributed by atoms with E-state index in [0.717, 1.165) is 11.3 Å². The van der Waals surface area contributed by atoms with Crippen LogP contribution in [0, 0.1) is 5.82 Å². The normalized spacial score (nSPS) is 11.6. The first-order valence-corrected chi connectivity index (χ1v) is 5.58. The van der Waals surface area contributed by atoms with E-state index in [2.05, 4.69) is 26.1 Å². The molecule has 0 spiro atoms. The molecule has 1 aromatic carbocycles. The smallest absolute Gasteiger partial charge is 0.123 e. The lowest BCUT2D eigenvalue weighted by molar-refractivity contribution is 0.331. The highest BCUT2D eigenvalue weighted by Gasteiger charge is 2.11. The molecule has 3 heteroatoms. The number of hydrogen-bond donors (Lipinski definition) is 1. The Bertz CT molecular complexity index is 344. The van der Waals surface area contributed by atoms with Crippen LogP contribution in [0.5, 0.6) is 5.75 Å². The molecule has 0 heterocycles. The van der Waals surface area contributed by atoms with Crippen LogP contribution in [0.25, 0.3) is 0 Å². The summed E-state index contributed by atoms with van der Waals surface area (Å²) in [6.45, 7) is 9.35. The minimum Gasteiger partial charge on any atom is -0.494 e. The lowest BCUT2D eigenvalue weighted by Crippen LogP contribution is -2.35. The predicted octanol–water partition coefficient (Wildman–Crippen LogP) is 3.11. The van der Waals surface area contributed by atoms with Crippen molar-refractivity contribution in [3.8, 4) is 5.75 Å². The molecule has 90 valence electrons. The average Bonchev–Trinajstić information content (AvgIpc) is 2.17. The highest BCUT2D eigenvalue weighted by Crippen LogP contribution is 2.20. The van der Waals surface area contributed by atoms with Crippen molar-refractivity contribution >= 4 is 0 Å². The lowest BCUT2D eigenvalue weighted by Gasteiger charge is -2.21. The highest BCUT2D eigenvalue weighted by atomic mass is 19.1. The van der Waals surface area contributed by atoms with E-state index >= 15 is 0 Å². The van der Waals surface area contributed by atoms with Crippen molar-refractivity contribution in [1.29, 1.82) is 0 Å². The molecule has 0 fully saturated rings. The van der Waals surface area contributed by atoms with Gasteiger partial charge in [0.1, 0.15) is 11.6 Å². The van der Waals surface area contributed by atoms with Crippen LogP contribution in [0.4, 0.5) is 4.39 Å². The summed E-state index contributed by atoms with van der Waals surface area (Å²) in [4.78, 5) is 0. The molecule has 1 rings (SSSR count). The second kappa shape index (κ2) is 5.30. The molecule has 0 bridgehead atoms. The predicted molar refractivity (Wildman–Crippen MR) is 64.2 cm³/mol. The maximum atomic E-state index is 13.1. The number of benzene rings is 1. The molecule has 1 N–H and O–H groups in total. The van der Waals surface area contributed by atoms with Gasteiger partial charge in [-0.2, -0.15) is 0 Å². The minimum atomic E-state index is -0.228. The molecule has 0 atom stereocenters. The Labute approximate surface area is 96.8 Å². The largest absolute Gasteiger partial charge is 0.494 e. The zero-order valence-corrected chi connectivity index (χ0v) is 10.4. The average molecular weight is 225 g/mol. The maximum Gasteiger partial charge on any atom is 0.123 e. The van der Waals surface area contributed by atoms with Crippen LogP contribution in [-0.4, -0.2) is 12.1 Å². The number of rotatable bonds is 4. The molecule has 1 aromatic rings. The van der Waals surface area contributed by atoms with Crippen LogP contribution in [0.3, 0.4) is 0 Å². The molecule has 16 heavy (non-hydrogen) atoms. The van der Waals surface area contributed by atoms with E-state index in [4.69, 9.17) is 4.74 Å². The third-order valence-electron chi connectivity index (χ3n) is 2.13. The van der Waals surface area contributed by atoms with E-state index in [-0.39, 0.29) is 11.4 Å². The zero-order valence-electron chi connectivity index (χ0n) is 10.4. The van der Waals surface area contributed by atoms with Crippen molar-refractivity contribution in [1.82, 2.24) is 5.32 Å². The van der Waals surface area contributed by atoms with Crippen molar-refractivity contribution in [2.75, 3.05) is 6.61 Å². The molecule has 0 unspecified atom stereocenters. The fourth-order valence-corrected chi connectivity index (χ4v) is 1.34. The lowest BCUT2D eigenvalue weighted by atomic mass is 10.1. The van der Waals surface area contributed by atoms with Crippen molar-refractivity contribution < 1.29 is 9.13 Å². The van der Waals surface area contributed by atoms with Gasteiger partial charge in [0.05, 0.1) is 6.61 Å². The number of nitrogens with one attached hydrogen (secondary N) is 1. The molecule has 0 saturated heterocycles. The second-order valence-electron chi connectivity index (χ2n) is 4.79. The highest BCUT2D eigenvalue weighted by molar-refractivity contribution is 5.34. The first-order chi connectivity index (χ1) is 7.42. The molecule has 0 amide bonds. The molecule has 0 aliphatic heterocycles. The zero-order chi connectivity index (χ0) is 12.2. The summed E-state index contributed by atoms with van der Waals surface area (Å²) in [7, 11) is 0. The van der Waals surface area contributed by atoms with Gasteiger partial charge in [0.2, 0.25) is 0 Å². The van der Waals surface area contributed by atoms with Crippen LogP contribution >= 0.6 is 0 Å². The third-order valence-corrected chi connectivity index (χ3v) is 2.13. The van der Waals surface area contributed by atoms with E-state index in [1.165, 1.54) is 12.1 Å². The van der Waals surface area contributed by atoms with E-state index in [0.29, 0.717) is 13.2 Å². The molecular formula is C13H20FNO. The number of hydrogen-bond acceptors (Lipinski definition) is 2. The second-order valence-corrected chi connectivity index (χ2v) is 4.79. The van der Waals surface area contributed by atoms with Crippen LogP contribution < -0.4 is 10.1 Å². The summed E-state index contributed by atoms with van der Waals surface area (Å²) in [5.74, 6) is 0.523. The van der Waals surface area contributed by atoms with Gasteiger partial charge in [0.25, 0.3) is 0 Å². The van der Waals surface area contributed by atoms with E-state index < -0.39 is 0 Å². The molecular weight excluding hydrogens is 205 g/mol. The Morgan fingerprint density at radius 3 is 2.56 bits per heavy atom. The SMILES string of the molecule is CCOc1ccc(F)cc1CNC(C)(C)C. The number of ether oxygens (including phenoxy) is 1. The van der Waals surface area contributed by atoms with E-state index in [1.807, 2.05) is 6.92 Å². The first-order valence-electron chi connectivity index (χ1n) is 5.58. The monoisotopic (exact) mass is 225 g/mol. The van der Waals surface area contributed by atoms with Gasteiger partial charge >= 0.3 is 0 Å². The first kappa shape index (κ1) is 13.0. The van der Waals surface area contributed by atoms with Gasteiger partial charge in [-0.3, -0.25) is 0 Å². The summed E-state index contributed by atoms with van der Waals surface area (Å²) in [5.41, 5.74) is 0.868. The molecule has 0 aliphatic carbocycles. The molecule has 0 saturated carbocycles. The Morgan fingerprint density at radius 1 is 1.31 bits per heavy atom. The molecule has 0 aliphatic rings. The van der Waals surface area contributed by atoms with Gasteiger partial charge in [-0.1, -0.05) is 0 Å². The van der Waals surface area contributed by atoms with Crippen molar-refractivity contribution in [3.63, 3.8) is 0 Å². The van der Waals surface area contributed by atoms with Crippen molar-refractivity contribution in [3.05, 3.63) is 29.6 Å². The molecule has 0 aromatic heterocycles. The molecule has 0 radical (unpaired) electrons.